The molecule has 1 aromatic carbocycles. The molecule has 0 aliphatic heterocycles. The van der Waals surface area contributed by atoms with Crippen LogP contribution in [-0.4, -0.2) is 9.78 Å². The molecule has 0 atom stereocenters. The van der Waals surface area contributed by atoms with Crippen molar-refractivity contribution < 1.29 is 4.39 Å². The maximum Gasteiger partial charge on any atom is 0.143 e. The molecule has 0 aliphatic carbocycles. The molecular weight excluding hydrogens is 217 g/mol. The van der Waals surface area contributed by atoms with Crippen molar-refractivity contribution in [2.45, 2.75) is 6.54 Å². The Balaban J connectivity index is 2.40. The number of hydrogen-bond donors (Lipinski definition) is 1. The number of halogens is 2. The Bertz CT molecular complexity index is 481. The average Bonchev–Trinajstić information content (AvgIpc) is 2.70. The predicted molar refractivity (Wildman–Crippen MR) is 56.4 cm³/mol. The molecule has 15 heavy (non-hydrogen) atoms. The van der Waals surface area contributed by atoms with Gasteiger partial charge in [-0.05, 0) is 18.2 Å². The Kier molecular flexibility index (Phi) is 2.70. The van der Waals surface area contributed by atoms with Crippen molar-refractivity contribution in [2.75, 3.05) is 0 Å². The summed E-state index contributed by atoms with van der Waals surface area (Å²) < 4.78 is 14.7. The predicted octanol–water partition coefficient (Wildman–Crippen LogP) is 2.12. The van der Waals surface area contributed by atoms with Crippen LogP contribution in [0, 0.1) is 5.82 Å². The van der Waals surface area contributed by atoms with Crippen LogP contribution in [0.3, 0.4) is 0 Å². The molecule has 78 valence electrons. The third-order valence-corrected chi connectivity index (χ3v) is 2.33. The van der Waals surface area contributed by atoms with Gasteiger partial charge in [0.2, 0.25) is 0 Å². The largest absolute Gasteiger partial charge is 0.325 e. The highest BCUT2D eigenvalue weighted by atomic mass is 35.5. The Morgan fingerprint density at radius 1 is 1.40 bits per heavy atom. The standard InChI is InChI=1S/C10H9ClFN3/c11-9-2-1-8(5-10(9)12)15-4-3-7(6-13)14-15/h1-5H,6,13H2. The zero-order chi connectivity index (χ0) is 10.8. The highest BCUT2D eigenvalue weighted by Crippen LogP contribution is 2.17. The fourth-order valence-electron chi connectivity index (χ4n) is 1.24. The van der Waals surface area contributed by atoms with Gasteiger partial charge in [0.15, 0.2) is 0 Å². The van der Waals surface area contributed by atoms with Crippen LogP contribution in [0.1, 0.15) is 5.69 Å². The lowest BCUT2D eigenvalue weighted by atomic mass is 10.3. The van der Waals surface area contributed by atoms with Crippen LogP contribution in [0.4, 0.5) is 4.39 Å². The first-order chi connectivity index (χ1) is 7.20. The van der Waals surface area contributed by atoms with E-state index in [0.717, 1.165) is 5.69 Å². The molecule has 0 radical (unpaired) electrons. The minimum Gasteiger partial charge on any atom is -0.325 e. The fraction of sp³-hybridized carbons (Fsp3) is 0.100. The lowest BCUT2D eigenvalue weighted by Gasteiger charge is -2.01. The van der Waals surface area contributed by atoms with Crippen LogP contribution >= 0.6 is 11.6 Å². The van der Waals surface area contributed by atoms with E-state index in [2.05, 4.69) is 5.10 Å². The second-order valence-electron chi connectivity index (χ2n) is 3.05. The highest BCUT2D eigenvalue weighted by molar-refractivity contribution is 6.30. The summed E-state index contributed by atoms with van der Waals surface area (Å²) in [6.45, 7) is 0.364. The van der Waals surface area contributed by atoms with Gasteiger partial charge < -0.3 is 5.73 Å². The minimum absolute atomic E-state index is 0.102. The van der Waals surface area contributed by atoms with Crippen LogP contribution < -0.4 is 5.73 Å². The maximum absolute atomic E-state index is 13.2. The van der Waals surface area contributed by atoms with Gasteiger partial charge >= 0.3 is 0 Å². The Morgan fingerprint density at radius 3 is 2.80 bits per heavy atom. The van der Waals surface area contributed by atoms with Gasteiger partial charge in [-0.3, -0.25) is 0 Å². The van der Waals surface area contributed by atoms with Gasteiger partial charge in [-0.2, -0.15) is 5.10 Å². The van der Waals surface area contributed by atoms with Crippen molar-refractivity contribution in [1.29, 1.82) is 0 Å². The SMILES string of the molecule is NCc1ccn(-c2ccc(Cl)c(F)c2)n1. The molecule has 0 unspecified atom stereocenters. The summed E-state index contributed by atoms with van der Waals surface area (Å²) in [4.78, 5) is 0. The average molecular weight is 226 g/mol. The van der Waals surface area contributed by atoms with E-state index in [-0.39, 0.29) is 5.02 Å². The van der Waals surface area contributed by atoms with E-state index in [1.807, 2.05) is 0 Å². The Morgan fingerprint density at radius 2 is 2.20 bits per heavy atom. The first-order valence-corrected chi connectivity index (χ1v) is 4.78. The second kappa shape index (κ2) is 4.00. The minimum atomic E-state index is -0.459. The molecule has 0 spiro atoms. The van der Waals surface area contributed by atoms with Crippen molar-refractivity contribution in [3.8, 4) is 5.69 Å². The first kappa shape index (κ1) is 10.1. The van der Waals surface area contributed by atoms with Crippen molar-refractivity contribution in [3.63, 3.8) is 0 Å². The molecule has 2 rings (SSSR count). The van der Waals surface area contributed by atoms with Crippen molar-refractivity contribution in [3.05, 3.63) is 47.0 Å². The monoisotopic (exact) mass is 225 g/mol. The molecule has 0 fully saturated rings. The molecule has 0 bridgehead atoms. The summed E-state index contributed by atoms with van der Waals surface area (Å²) in [6.07, 6.45) is 1.73. The molecule has 2 N–H and O–H groups in total. The molecule has 0 saturated heterocycles. The zero-order valence-corrected chi connectivity index (χ0v) is 8.58. The van der Waals surface area contributed by atoms with Gasteiger partial charge in [0.1, 0.15) is 5.82 Å². The lowest BCUT2D eigenvalue weighted by molar-refractivity contribution is 0.625. The smallest absolute Gasteiger partial charge is 0.143 e. The van der Waals surface area contributed by atoms with E-state index in [0.29, 0.717) is 12.2 Å². The van der Waals surface area contributed by atoms with Gasteiger partial charge in [0.25, 0.3) is 0 Å². The lowest BCUT2D eigenvalue weighted by Crippen LogP contribution is -2.00. The van der Waals surface area contributed by atoms with Crippen molar-refractivity contribution in [1.82, 2.24) is 9.78 Å². The van der Waals surface area contributed by atoms with Crippen molar-refractivity contribution >= 4 is 11.6 Å². The van der Waals surface area contributed by atoms with Crippen LogP contribution in [0.15, 0.2) is 30.5 Å². The summed E-state index contributed by atoms with van der Waals surface area (Å²) in [7, 11) is 0. The van der Waals surface area contributed by atoms with Gasteiger partial charge in [-0.15, -0.1) is 0 Å². The van der Waals surface area contributed by atoms with Crippen LogP contribution in [0.25, 0.3) is 5.69 Å². The van der Waals surface area contributed by atoms with Gasteiger partial charge in [-0.1, -0.05) is 11.6 Å². The van der Waals surface area contributed by atoms with E-state index >= 15 is 0 Å². The van der Waals surface area contributed by atoms with Crippen molar-refractivity contribution in [2.24, 2.45) is 5.73 Å². The molecule has 5 heteroatoms. The number of hydrogen-bond acceptors (Lipinski definition) is 2. The number of benzene rings is 1. The van der Waals surface area contributed by atoms with Crippen LogP contribution in [0.5, 0.6) is 0 Å². The van der Waals surface area contributed by atoms with Crippen LogP contribution in [-0.2, 0) is 6.54 Å². The highest BCUT2D eigenvalue weighted by Gasteiger charge is 2.03. The first-order valence-electron chi connectivity index (χ1n) is 4.41. The molecular formula is C10H9ClFN3. The molecule has 2 aromatic rings. The van der Waals surface area contributed by atoms with E-state index in [4.69, 9.17) is 17.3 Å². The summed E-state index contributed by atoms with van der Waals surface area (Å²) >= 11 is 5.58. The Labute approximate surface area is 91.3 Å². The molecule has 0 amide bonds. The van der Waals surface area contributed by atoms with E-state index in [1.54, 1.807) is 23.0 Å². The molecule has 1 aromatic heterocycles. The summed E-state index contributed by atoms with van der Waals surface area (Å²) in [6, 6.07) is 6.30. The summed E-state index contributed by atoms with van der Waals surface area (Å²) in [5.41, 5.74) is 6.80. The third kappa shape index (κ3) is 2.00. The number of rotatable bonds is 2. The molecule has 1 heterocycles. The van der Waals surface area contributed by atoms with E-state index < -0.39 is 5.82 Å². The van der Waals surface area contributed by atoms with Crippen LogP contribution in [0.2, 0.25) is 5.02 Å². The zero-order valence-electron chi connectivity index (χ0n) is 7.82. The molecule has 0 aliphatic rings. The van der Waals surface area contributed by atoms with E-state index in [9.17, 15) is 4.39 Å². The number of nitrogens with zero attached hydrogens (tertiary/aromatic N) is 2. The molecule has 3 nitrogen and oxygen atoms in total. The van der Waals surface area contributed by atoms with Gasteiger partial charge in [0.05, 0.1) is 16.4 Å². The van der Waals surface area contributed by atoms with E-state index in [1.165, 1.54) is 12.1 Å². The maximum atomic E-state index is 13.2. The summed E-state index contributed by atoms with van der Waals surface area (Å²) in [5, 5.41) is 4.25. The second-order valence-corrected chi connectivity index (χ2v) is 3.46. The number of aromatic nitrogens is 2. The van der Waals surface area contributed by atoms with Gasteiger partial charge in [0, 0.05) is 18.8 Å². The Hall–Kier alpha value is -1.39. The fourth-order valence-corrected chi connectivity index (χ4v) is 1.36. The van der Waals surface area contributed by atoms with Gasteiger partial charge in [-0.25, -0.2) is 9.07 Å². The summed E-state index contributed by atoms with van der Waals surface area (Å²) in [5.74, 6) is -0.459. The normalized spacial score (nSPS) is 10.6. The third-order valence-electron chi connectivity index (χ3n) is 2.02. The topological polar surface area (TPSA) is 43.8 Å². The molecule has 0 saturated carbocycles. The quantitative estimate of drug-likeness (QED) is 0.851. The number of nitrogens with two attached hydrogens (primary N) is 1.